The highest BCUT2D eigenvalue weighted by Crippen LogP contribution is 2.22. The third kappa shape index (κ3) is 3.55. The molecule has 1 unspecified atom stereocenters. The average molecular weight is 223 g/mol. The molecule has 0 saturated carbocycles. The summed E-state index contributed by atoms with van der Waals surface area (Å²) in [6.45, 7) is 3.89. The van der Waals surface area contributed by atoms with Crippen LogP contribution in [0, 0.1) is 6.92 Å². The lowest BCUT2D eigenvalue weighted by Gasteiger charge is -2.11. The number of rotatable bonds is 5. The van der Waals surface area contributed by atoms with Gasteiger partial charge < -0.3 is 15.6 Å². The first-order chi connectivity index (χ1) is 7.50. The van der Waals surface area contributed by atoms with E-state index in [1.54, 1.807) is 19.1 Å². The van der Waals surface area contributed by atoms with Gasteiger partial charge in [0.1, 0.15) is 5.75 Å². The van der Waals surface area contributed by atoms with Crippen LogP contribution in [0.25, 0.3) is 0 Å². The first kappa shape index (κ1) is 12.5. The number of nitrogens with two attached hydrogens (primary N) is 1. The van der Waals surface area contributed by atoms with Gasteiger partial charge in [0.15, 0.2) is 0 Å². The predicted molar refractivity (Wildman–Crippen MR) is 61.1 cm³/mol. The first-order valence-corrected chi connectivity index (χ1v) is 5.20. The number of aryl methyl sites for hydroxylation is 1. The van der Waals surface area contributed by atoms with Gasteiger partial charge >= 0.3 is 0 Å². The van der Waals surface area contributed by atoms with E-state index in [1.807, 2.05) is 13.0 Å². The molecule has 16 heavy (non-hydrogen) atoms. The molecule has 0 aliphatic rings. The summed E-state index contributed by atoms with van der Waals surface area (Å²) in [5, 5.41) is 9.39. The van der Waals surface area contributed by atoms with Gasteiger partial charge in [0.2, 0.25) is 5.91 Å². The maximum atomic E-state index is 10.5. The van der Waals surface area contributed by atoms with Crippen LogP contribution in [-0.4, -0.2) is 17.6 Å². The van der Waals surface area contributed by atoms with Crippen molar-refractivity contribution in [3.8, 4) is 5.75 Å². The third-order valence-electron chi connectivity index (χ3n) is 2.29. The van der Waals surface area contributed by atoms with E-state index in [0.29, 0.717) is 5.75 Å². The van der Waals surface area contributed by atoms with Crippen LogP contribution in [-0.2, 0) is 4.79 Å². The highest BCUT2D eigenvalue weighted by Gasteiger charge is 2.05. The molecule has 1 amide bonds. The summed E-state index contributed by atoms with van der Waals surface area (Å²) in [6.07, 6.45) is -0.282. The fourth-order valence-electron chi connectivity index (χ4n) is 1.36. The van der Waals surface area contributed by atoms with Gasteiger partial charge in [-0.1, -0.05) is 6.07 Å². The van der Waals surface area contributed by atoms with Crippen LogP contribution in [0.15, 0.2) is 18.2 Å². The smallest absolute Gasteiger partial charge is 0.220 e. The van der Waals surface area contributed by atoms with Gasteiger partial charge in [0.25, 0.3) is 0 Å². The van der Waals surface area contributed by atoms with Gasteiger partial charge in [0, 0.05) is 0 Å². The minimum absolute atomic E-state index is 0.206. The van der Waals surface area contributed by atoms with Gasteiger partial charge in [0.05, 0.1) is 19.1 Å². The molecule has 0 bridgehead atoms. The average Bonchev–Trinajstić information content (AvgIpc) is 2.19. The maximum absolute atomic E-state index is 10.5. The number of aliphatic hydroxyl groups is 1. The molecule has 1 aromatic carbocycles. The second-order valence-electron chi connectivity index (χ2n) is 3.77. The summed E-state index contributed by atoms with van der Waals surface area (Å²) in [6, 6.07) is 5.46. The van der Waals surface area contributed by atoms with E-state index >= 15 is 0 Å². The van der Waals surface area contributed by atoms with Gasteiger partial charge in [-0.2, -0.15) is 0 Å². The molecule has 0 radical (unpaired) electrons. The third-order valence-corrected chi connectivity index (χ3v) is 2.29. The van der Waals surface area contributed by atoms with Crippen molar-refractivity contribution in [3.05, 3.63) is 29.3 Å². The normalized spacial score (nSPS) is 12.2. The van der Waals surface area contributed by atoms with Crippen LogP contribution in [0.4, 0.5) is 0 Å². The standard InChI is InChI=1S/C12H17NO3/c1-8-7-10(9(2)14)3-4-11(8)16-6-5-12(13)15/h3-4,7,9,14H,5-6H2,1-2H3,(H2,13,15). The monoisotopic (exact) mass is 223 g/mol. The molecule has 88 valence electrons. The molecule has 1 atom stereocenters. The fraction of sp³-hybridized carbons (Fsp3) is 0.417. The highest BCUT2D eigenvalue weighted by molar-refractivity contribution is 5.73. The Bertz CT molecular complexity index is 375. The Morgan fingerprint density at radius 3 is 2.75 bits per heavy atom. The van der Waals surface area contributed by atoms with Crippen molar-refractivity contribution in [3.63, 3.8) is 0 Å². The van der Waals surface area contributed by atoms with E-state index < -0.39 is 6.10 Å². The second kappa shape index (κ2) is 5.51. The van der Waals surface area contributed by atoms with E-state index in [0.717, 1.165) is 11.1 Å². The molecule has 0 fully saturated rings. The molecule has 0 aliphatic carbocycles. The van der Waals surface area contributed by atoms with Crippen molar-refractivity contribution in [1.29, 1.82) is 0 Å². The molecule has 1 aromatic rings. The molecule has 0 aliphatic heterocycles. The number of carbonyl (C=O) groups is 1. The Morgan fingerprint density at radius 1 is 1.56 bits per heavy atom. The number of ether oxygens (including phenoxy) is 1. The number of aliphatic hydroxyl groups excluding tert-OH is 1. The van der Waals surface area contributed by atoms with Crippen molar-refractivity contribution < 1.29 is 14.6 Å². The summed E-state index contributed by atoms with van der Waals surface area (Å²) in [5.74, 6) is 0.337. The number of hydrogen-bond acceptors (Lipinski definition) is 3. The molecule has 0 saturated heterocycles. The number of hydrogen-bond donors (Lipinski definition) is 2. The Labute approximate surface area is 95.0 Å². The fourth-order valence-corrected chi connectivity index (χ4v) is 1.36. The van der Waals surface area contributed by atoms with Crippen LogP contribution < -0.4 is 10.5 Å². The molecule has 0 aromatic heterocycles. The lowest BCUT2D eigenvalue weighted by Crippen LogP contribution is -2.14. The number of primary amides is 1. The van der Waals surface area contributed by atoms with Crippen molar-refractivity contribution in [2.45, 2.75) is 26.4 Å². The van der Waals surface area contributed by atoms with Crippen molar-refractivity contribution in [2.24, 2.45) is 5.73 Å². The number of benzene rings is 1. The number of amides is 1. The zero-order valence-corrected chi connectivity index (χ0v) is 9.56. The van der Waals surface area contributed by atoms with Crippen LogP contribution in [0.3, 0.4) is 0 Å². The van der Waals surface area contributed by atoms with Gasteiger partial charge in [-0.3, -0.25) is 4.79 Å². The summed E-state index contributed by atoms with van der Waals surface area (Å²) in [5.41, 5.74) is 6.79. The summed E-state index contributed by atoms with van der Waals surface area (Å²) < 4.78 is 5.40. The zero-order chi connectivity index (χ0) is 12.1. The quantitative estimate of drug-likeness (QED) is 0.790. The lowest BCUT2D eigenvalue weighted by molar-refractivity contribution is -0.118. The van der Waals surface area contributed by atoms with Crippen LogP contribution in [0.1, 0.15) is 30.6 Å². The molecular weight excluding hydrogens is 206 g/mol. The largest absolute Gasteiger partial charge is 0.493 e. The van der Waals surface area contributed by atoms with Crippen LogP contribution in [0.5, 0.6) is 5.75 Å². The van der Waals surface area contributed by atoms with E-state index in [4.69, 9.17) is 10.5 Å². The lowest BCUT2D eigenvalue weighted by atomic mass is 10.1. The van der Waals surface area contributed by atoms with Crippen molar-refractivity contribution in [1.82, 2.24) is 0 Å². The SMILES string of the molecule is Cc1cc(C(C)O)ccc1OCCC(N)=O. The molecule has 4 nitrogen and oxygen atoms in total. The second-order valence-corrected chi connectivity index (χ2v) is 3.77. The minimum atomic E-state index is -0.488. The van der Waals surface area contributed by atoms with Crippen molar-refractivity contribution in [2.75, 3.05) is 6.61 Å². The van der Waals surface area contributed by atoms with Crippen LogP contribution in [0.2, 0.25) is 0 Å². The van der Waals surface area contributed by atoms with Gasteiger partial charge in [-0.25, -0.2) is 0 Å². The van der Waals surface area contributed by atoms with Gasteiger partial charge in [-0.05, 0) is 37.1 Å². The minimum Gasteiger partial charge on any atom is -0.493 e. The Hall–Kier alpha value is -1.55. The zero-order valence-electron chi connectivity index (χ0n) is 9.56. The van der Waals surface area contributed by atoms with E-state index in [1.165, 1.54) is 0 Å². The molecule has 4 heteroatoms. The maximum Gasteiger partial charge on any atom is 0.220 e. The van der Waals surface area contributed by atoms with Crippen LogP contribution >= 0.6 is 0 Å². The predicted octanol–water partition coefficient (Wildman–Crippen LogP) is 1.30. The summed E-state index contributed by atoms with van der Waals surface area (Å²) in [7, 11) is 0. The summed E-state index contributed by atoms with van der Waals surface area (Å²) in [4.78, 5) is 10.5. The topological polar surface area (TPSA) is 72.6 Å². The molecule has 1 rings (SSSR count). The highest BCUT2D eigenvalue weighted by atomic mass is 16.5. The van der Waals surface area contributed by atoms with E-state index in [9.17, 15) is 9.90 Å². The Kier molecular flexibility index (Phi) is 4.31. The Balaban J connectivity index is 2.64. The first-order valence-electron chi connectivity index (χ1n) is 5.20. The van der Waals surface area contributed by atoms with E-state index in [2.05, 4.69) is 0 Å². The molecular formula is C12H17NO3. The molecule has 0 spiro atoms. The molecule has 3 N–H and O–H groups in total. The summed E-state index contributed by atoms with van der Waals surface area (Å²) >= 11 is 0. The molecule has 0 heterocycles. The van der Waals surface area contributed by atoms with E-state index in [-0.39, 0.29) is 18.9 Å². The Morgan fingerprint density at radius 2 is 2.25 bits per heavy atom. The van der Waals surface area contributed by atoms with Gasteiger partial charge in [-0.15, -0.1) is 0 Å². The van der Waals surface area contributed by atoms with Crippen molar-refractivity contribution >= 4 is 5.91 Å². The number of carbonyl (C=O) groups excluding carboxylic acids is 1.